The summed E-state index contributed by atoms with van der Waals surface area (Å²) < 4.78 is 5.69. The van der Waals surface area contributed by atoms with Crippen LogP contribution in [0.25, 0.3) is 0 Å². The number of rotatable bonds is 6. The van der Waals surface area contributed by atoms with Crippen molar-refractivity contribution in [2.45, 2.75) is 46.1 Å². The largest absolute Gasteiger partial charge is 0.494 e. The van der Waals surface area contributed by atoms with Gasteiger partial charge in [-0.25, -0.2) is 0 Å². The average molecular weight is 261 g/mol. The summed E-state index contributed by atoms with van der Waals surface area (Å²) in [6.07, 6.45) is 5.05. The van der Waals surface area contributed by atoms with E-state index in [4.69, 9.17) is 4.74 Å². The molecular weight excluding hydrogens is 234 g/mol. The smallest absolute Gasteiger partial charge is 0.119 e. The number of hydrogen-bond acceptors (Lipinski definition) is 2. The van der Waals surface area contributed by atoms with Crippen molar-refractivity contribution in [1.29, 1.82) is 0 Å². The molecule has 19 heavy (non-hydrogen) atoms. The minimum atomic E-state index is 0.833. The van der Waals surface area contributed by atoms with Gasteiger partial charge in [-0.3, -0.25) is 4.90 Å². The Kier molecular flexibility index (Phi) is 5.71. The fraction of sp³-hybridized carbons (Fsp3) is 0.647. The van der Waals surface area contributed by atoms with Gasteiger partial charge in [0.05, 0.1) is 6.61 Å². The second kappa shape index (κ2) is 7.54. The molecule has 0 aliphatic carbocycles. The van der Waals surface area contributed by atoms with Gasteiger partial charge in [0.15, 0.2) is 0 Å². The normalized spacial score (nSPS) is 20.4. The lowest BCUT2D eigenvalue weighted by atomic mass is 10.00. The van der Waals surface area contributed by atoms with E-state index in [0.717, 1.165) is 31.2 Å². The SMILES string of the molecule is CCCCOc1ccc(CN2CCCC(C)C2)cc1. The quantitative estimate of drug-likeness (QED) is 0.715. The fourth-order valence-corrected chi connectivity index (χ4v) is 2.71. The van der Waals surface area contributed by atoms with Crippen LogP contribution in [0.1, 0.15) is 45.1 Å². The Labute approximate surface area is 117 Å². The van der Waals surface area contributed by atoms with Crippen LogP contribution in [-0.4, -0.2) is 24.6 Å². The molecule has 0 spiro atoms. The van der Waals surface area contributed by atoms with Gasteiger partial charge in [-0.2, -0.15) is 0 Å². The Balaban J connectivity index is 1.81. The number of piperidine rings is 1. The molecule has 0 aromatic heterocycles. The first kappa shape index (κ1) is 14.4. The van der Waals surface area contributed by atoms with Gasteiger partial charge in [-0.15, -0.1) is 0 Å². The van der Waals surface area contributed by atoms with Crippen molar-refractivity contribution < 1.29 is 4.74 Å². The summed E-state index contributed by atoms with van der Waals surface area (Å²) in [4.78, 5) is 2.57. The Hall–Kier alpha value is -1.02. The van der Waals surface area contributed by atoms with Gasteiger partial charge in [0.1, 0.15) is 5.75 Å². The summed E-state index contributed by atoms with van der Waals surface area (Å²) in [5, 5.41) is 0. The zero-order valence-electron chi connectivity index (χ0n) is 12.4. The zero-order valence-corrected chi connectivity index (χ0v) is 12.4. The molecule has 2 nitrogen and oxygen atoms in total. The maximum Gasteiger partial charge on any atom is 0.119 e. The first-order chi connectivity index (χ1) is 9.28. The average Bonchev–Trinajstić information content (AvgIpc) is 2.41. The van der Waals surface area contributed by atoms with Crippen molar-refractivity contribution >= 4 is 0 Å². The van der Waals surface area contributed by atoms with Crippen LogP contribution in [0.5, 0.6) is 5.75 Å². The molecule has 0 N–H and O–H groups in total. The highest BCUT2D eigenvalue weighted by molar-refractivity contribution is 5.27. The summed E-state index contributed by atoms with van der Waals surface area (Å²) in [5.74, 6) is 1.86. The maximum atomic E-state index is 5.69. The summed E-state index contributed by atoms with van der Waals surface area (Å²) in [6.45, 7) is 8.95. The third-order valence-electron chi connectivity index (χ3n) is 3.84. The number of hydrogen-bond donors (Lipinski definition) is 0. The molecule has 0 amide bonds. The van der Waals surface area contributed by atoms with Crippen molar-refractivity contribution in [2.75, 3.05) is 19.7 Å². The summed E-state index contributed by atoms with van der Waals surface area (Å²) in [7, 11) is 0. The van der Waals surface area contributed by atoms with E-state index in [2.05, 4.69) is 43.0 Å². The molecule has 106 valence electrons. The van der Waals surface area contributed by atoms with Gasteiger partial charge in [-0.1, -0.05) is 32.4 Å². The second-order valence-corrected chi connectivity index (χ2v) is 5.83. The van der Waals surface area contributed by atoms with Crippen LogP contribution in [0, 0.1) is 5.92 Å². The van der Waals surface area contributed by atoms with E-state index in [9.17, 15) is 0 Å². The third kappa shape index (κ3) is 4.87. The predicted octanol–water partition coefficient (Wildman–Crippen LogP) is 4.10. The third-order valence-corrected chi connectivity index (χ3v) is 3.84. The molecule has 1 atom stereocenters. The van der Waals surface area contributed by atoms with Crippen LogP contribution in [0.4, 0.5) is 0 Å². The molecule has 2 heteroatoms. The maximum absolute atomic E-state index is 5.69. The number of nitrogens with zero attached hydrogens (tertiary/aromatic N) is 1. The molecule has 2 rings (SSSR count). The molecule has 0 saturated carbocycles. The summed E-state index contributed by atoms with van der Waals surface area (Å²) in [6, 6.07) is 8.64. The summed E-state index contributed by atoms with van der Waals surface area (Å²) in [5.41, 5.74) is 1.40. The van der Waals surface area contributed by atoms with Gasteiger partial charge in [0.25, 0.3) is 0 Å². The first-order valence-corrected chi connectivity index (χ1v) is 7.72. The van der Waals surface area contributed by atoms with Crippen LogP contribution in [0.2, 0.25) is 0 Å². The predicted molar refractivity (Wildman–Crippen MR) is 80.5 cm³/mol. The highest BCUT2D eigenvalue weighted by atomic mass is 16.5. The molecule has 0 bridgehead atoms. The second-order valence-electron chi connectivity index (χ2n) is 5.83. The van der Waals surface area contributed by atoms with Crippen molar-refractivity contribution in [3.05, 3.63) is 29.8 Å². The molecule has 1 heterocycles. The molecule has 1 unspecified atom stereocenters. The molecule has 1 fully saturated rings. The minimum absolute atomic E-state index is 0.833. The molecule has 0 radical (unpaired) electrons. The van der Waals surface area contributed by atoms with E-state index in [0.29, 0.717) is 0 Å². The van der Waals surface area contributed by atoms with Gasteiger partial charge < -0.3 is 4.74 Å². The van der Waals surface area contributed by atoms with E-state index >= 15 is 0 Å². The zero-order chi connectivity index (χ0) is 13.5. The lowest BCUT2D eigenvalue weighted by Gasteiger charge is -2.30. The lowest BCUT2D eigenvalue weighted by molar-refractivity contribution is 0.176. The van der Waals surface area contributed by atoms with Gasteiger partial charge in [0, 0.05) is 13.1 Å². The Morgan fingerprint density at radius 2 is 2.05 bits per heavy atom. The van der Waals surface area contributed by atoms with Gasteiger partial charge in [-0.05, 0) is 49.4 Å². The monoisotopic (exact) mass is 261 g/mol. The minimum Gasteiger partial charge on any atom is -0.494 e. The first-order valence-electron chi connectivity index (χ1n) is 7.72. The number of likely N-dealkylation sites (tertiary alicyclic amines) is 1. The van der Waals surface area contributed by atoms with Crippen LogP contribution in [0.15, 0.2) is 24.3 Å². The lowest BCUT2D eigenvalue weighted by Crippen LogP contribution is -2.33. The van der Waals surface area contributed by atoms with Gasteiger partial charge >= 0.3 is 0 Å². The van der Waals surface area contributed by atoms with Crippen LogP contribution in [-0.2, 0) is 6.54 Å². The van der Waals surface area contributed by atoms with Crippen LogP contribution in [0.3, 0.4) is 0 Å². The van der Waals surface area contributed by atoms with Crippen molar-refractivity contribution in [1.82, 2.24) is 4.90 Å². The topological polar surface area (TPSA) is 12.5 Å². The molecule has 1 saturated heterocycles. The Morgan fingerprint density at radius 1 is 1.26 bits per heavy atom. The van der Waals surface area contributed by atoms with Crippen molar-refractivity contribution in [3.8, 4) is 5.75 Å². The number of ether oxygens (including phenoxy) is 1. The van der Waals surface area contributed by atoms with E-state index < -0.39 is 0 Å². The van der Waals surface area contributed by atoms with Crippen LogP contribution >= 0.6 is 0 Å². The van der Waals surface area contributed by atoms with Crippen molar-refractivity contribution in [2.24, 2.45) is 5.92 Å². The highest BCUT2D eigenvalue weighted by Crippen LogP contribution is 2.19. The molecular formula is C17H27NO. The number of unbranched alkanes of at least 4 members (excludes halogenated alkanes) is 1. The van der Waals surface area contributed by atoms with Crippen molar-refractivity contribution in [3.63, 3.8) is 0 Å². The standard InChI is InChI=1S/C17H27NO/c1-3-4-12-19-17-9-7-16(8-10-17)14-18-11-5-6-15(2)13-18/h7-10,15H,3-6,11-14H2,1-2H3. The highest BCUT2D eigenvalue weighted by Gasteiger charge is 2.15. The molecule has 1 aromatic rings. The molecule has 1 aromatic carbocycles. The number of benzene rings is 1. The molecule has 1 aliphatic rings. The van der Waals surface area contributed by atoms with E-state index in [-0.39, 0.29) is 0 Å². The molecule has 1 aliphatic heterocycles. The summed E-state index contributed by atoms with van der Waals surface area (Å²) >= 11 is 0. The van der Waals surface area contributed by atoms with Crippen LogP contribution < -0.4 is 4.74 Å². The fourth-order valence-electron chi connectivity index (χ4n) is 2.71. The van der Waals surface area contributed by atoms with E-state index in [1.807, 2.05) is 0 Å². The Bertz CT molecular complexity index is 360. The van der Waals surface area contributed by atoms with Gasteiger partial charge in [0.2, 0.25) is 0 Å². The van der Waals surface area contributed by atoms with E-state index in [1.54, 1.807) is 0 Å². The van der Waals surface area contributed by atoms with E-state index in [1.165, 1.54) is 37.9 Å². The Morgan fingerprint density at radius 3 is 2.74 bits per heavy atom.